The molecule has 0 fully saturated rings. The zero-order valence-corrected chi connectivity index (χ0v) is 24.7. The van der Waals surface area contributed by atoms with Crippen LogP contribution in [0.25, 0.3) is 98.8 Å². The number of pyridine rings is 1. The number of aromatic nitrogens is 1. The third-order valence-electron chi connectivity index (χ3n) is 9.36. The minimum Gasteiger partial charge on any atom is -0.456 e. The summed E-state index contributed by atoms with van der Waals surface area (Å²) >= 11 is 0. The fourth-order valence-corrected chi connectivity index (χ4v) is 7.40. The second kappa shape index (κ2) is 9.65. The van der Waals surface area contributed by atoms with Gasteiger partial charge in [0, 0.05) is 45.1 Å². The van der Waals surface area contributed by atoms with Gasteiger partial charge in [-0.1, -0.05) is 103 Å². The van der Waals surface area contributed by atoms with Gasteiger partial charge in [-0.25, -0.2) is 0 Å². The van der Waals surface area contributed by atoms with Gasteiger partial charge in [0.2, 0.25) is 0 Å². The minimum atomic E-state index is 0.876. The van der Waals surface area contributed by atoms with Crippen LogP contribution in [0.15, 0.2) is 161 Å². The van der Waals surface area contributed by atoms with Crippen LogP contribution in [0.2, 0.25) is 0 Å². The molecule has 0 saturated heterocycles. The normalized spacial score (nSPS) is 11.9. The van der Waals surface area contributed by atoms with Gasteiger partial charge in [0.15, 0.2) is 0 Å². The van der Waals surface area contributed by atoms with Crippen molar-refractivity contribution in [3.05, 3.63) is 152 Å². The molecule has 10 rings (SSSR count). The lowest BCUT2D eigenvalue weighted by molar-refractivity contribution is 0.669. The second-order valence-corrected chi connectivity index (χ2v) is 11.9. The highest BCUT2D eigenvalue weighted by atomic mass is 16.3. The lowest BCUT2D eigenvalue weighted by Gasteiger charge is -2.18. The van der Waals surface area contributed by atoms with Gasteiger partial charge in [-0.05, 0) is 80.2 Å². The highest BCUT2D eigenvalue weighted by molar-refractivity contribution is 6.27. The van der Waals surface area contributed by atoms with Crippen molar-refractivity contribution >= 4 is 65.4 Å². The molecule has 0 saturated carbocycles. The Morgan fingerprint density at radius 1 is 0.391 bits per heavy atom. The molecule has 3 heterocycles. The van der Waals surface area contributed by atoms with Crippen LogP contribution >= 0.6 is 0 Å². The summed E-state index contributed by atoms with van der Waals surface area (Å²) in [7, 11) is 0. The van der Waals surface area contributed by atoms with E-state index < -0.39 is 0 Å². The molecule has 0 aliphatic carbocycles. The Morgan fingerprint density at radius 2 is 0.978 bits per heavy atom. The van der Waals surface area contributed by atoms with Crippen LogP contribution in [0.1, 0.15) is 0 Å². The van der Waals surface area contributed by atoms with Crippen molar-refractivity contribution < 1.29 is 8.83 Å². The summed E-state index contributed by atoms with van der Waals surface area (Å²) in [5.74, 6) is 0. The van der Waals surface area contributed by atoms with Crippen molar-refractivity contribution in [3.63, 3.8) is 0 Å². The van der Waals surface area contributed by atoms with Crippen molar-refractivity contribution in [1.82, 2.24) is 4.98 Å². The Balaban J connectivity index is 1.33. The number of furan rings is 2. The average molecular weight is 588 g/mol. The second-order valence-electron chi connectivity index (χ2n) is 11.9. The first-order valence-corrected chi connectivity index (χ1v) is 15.5. The zero-order chi connectivity index (χ0) is 30.2. The maximum atomic E-state index is 6.65. The summed E-state index contributed by atoms with van der Waals surface area (Å²) in [5, 5.41) is 9.30. The van der Waals surface area contributed by atoms with Crippen LogP contribution in [0.3, 0.4) is 0 Å². The van der Waals surface area contributed by atoms with E-state index in [0.29, 0.717) is 0 Å². The van der Waals surface area contributed by atoms with E-state index in [1.807, 2.05) is 30.5 Å². The number of benzene rings is 7. The topological polar surface area (TPSA) is 39.2 Å². The van der Waals surface area contributed by atoms with Crippen molar-refractivity contribution in [1.29, 1.82) is 0 Å². The minimum absolute atomic E-state index is 0.876. The van der Waals surface area contributed by atoms with E-state index in [-0.39, 0.29) is 0 Å². The Hall–Kier alpha value is -6.19. The van der Waals surface area contributed by atoms with Gasteiger partial charge >= 0.3 is 0 Å². The van der Waals surface area contributed by atoms with Crippen molar-refractivity contribution in [3.8, 4) is 33.4 Å². The zero-order valence-electron chi connectivity index (χ0n) is 24.7. The molecule has 0 aliphatic heterocycles. The predicted octanol–water partition coefficient (Wildman–Crippen LogP) is 12.2. The number of hydrogen-bond donors (Lipinski definition) is 0. The molecule has 7 aromatic carbocycles. The van der Waals surface area contributed by atoms with Crippen LogP contribution in [0.5, 0.6) is 0 Å². The molecule has 0 bridgehead atoms. The Kier molecular flexibility index (Phi) is 5.28. The van der Waals surface area contributed by atoms with Crippen LogP contribution in [0.4, 0.5) is 0 Å². The Labute approximate surface area is 264 Å². The Bertz CT molecular complexity index is 2750. The van der Waals surface area contributed by atoms with Crippen LogP contribution in [0, 0.1) is 0 Å². The Morgan fingerprint density at radius 3 is 1.67 bits per heavy atom. The quantitative estimate of drug-likeness (QED) is 0.193. The van der Waals surface area contributed by atoms with Gasteiger partial charge in [-0.3, -0.25) is 4.98 Å². The first kappa shape index (κ1) is 25.2. The molecule has 0 amide bonds. The maximum absolute atomic E-state index is 6.65. The summed E-state index contributed by atoms with van der Waals surface area (Å²) in [6.45, 7) is 0. The molecule has 214 valence electrons. The fraction of sp³-hybridized carbons (Fsp3) is 0. The van der Waals surface area contributed by atoms with Gasteiger partial charge in [-0.2, -0.15) is 0 Å². The number of hydrogen-bond acceptors (Lipinski definition) is 3. The molecule has 46 heavy (non-hydrogen) atoms. The van der Waals surface area contributed by atoms with E-state index in [2.05, 4.69) is 120 Å². The molecule has 3 aromatic heterocycles. The van der Waals surface area contributed by atoms with Crippen molar-refractivity contribution in [2.75, 3.05) is 0 Å². The third-order valence-corrected chi connectivity index (χ3v) is 9.36. The smallest absolute Gasteiger partial charge is 0.143 e. The molecule has 0 radical (unpaired) electrons. The largest absolute Gasteiger partial charge is 0.456 e. The standard InChI is InChI=1S/C43H25NO2/c1-3-14-32-30(12-1)40(26-19-22-39-36(24-26)29-11-5-7-17-37(29)45-39)31-13-2-4-15-33(31)41(32)35-21-20-28(27-10-9-23-44-25-27)43-42(35)34-16-6-8-18-38(34)46-43/h1-25H. The number of para-hydroxylation sites is 2. The monoisotopic (exact) mass is 587 g/mol. The SMILES string of the molecule is c1cncc(-c2ccc(-c3c4ccccc4c(-c4ccc5oc6ccccc6c5c4)c4ccccc34)c3c2oc2ccccc23)c1. The first-order chi connectivity index (χ1) is 22.8. The molecular formula is C43H25NO2. The fourth-order valence-electron chi connectivity index (χ4n) is 7.40. The lowest BCUT2D eigenvalue weighted by Crippen LogP contribution is -1.92. The molecule has 0 atom stereocenters. The van der Waals surface area contributed by atoms with Gasteiger partial charge in [0.1, 0.15) is 22.3 Å². The summed E-state index contributed by atoms with van der Waals surface area (Å²) < 4.78 is 12.8. The predicted molar refractivity (Wildman–Crippen MR) is 190 cm³/mol. The third kappa shape index (κ3) is 3.57. The maximum Gasteiger partial charge on any atom is 0.143 e. The summed E-state index contributed by atoms with van der Waals surface area (Å²) in [4.78, 5) is 4.41. The van der Waals surface area contributed by atoms with Gasteiger partial charge in [-0.15, -0.1) is 0 Å². The van der Waals surface area contributed by atoms with E-state index >= 15 is 0 Å². The highest BCUT2D eigenvalue weighted by Gasteiger charge is 2.22. The number of nitrogens with zero attached hydrogens (tertiary/aromatic N) is 1. The molecule has 3 nitrogen and oxygen atoms in total. The number of fused-ring (bicyclic) bond motifs is 8. The average Bonchev–Trinajstić information content (AvgIpc) is 3.69. The first-order valence-electron chi connectivity index (χ1n) is 15.5. The van der Waals surface area contributed by atoms with Crippen molar-refractivity contribution in [2.24, 2.45) is 0 Å². The van der Waals surface area contributed by atoms with Gasteiger partial charge in [0.05, 0.1) is 0 Å². The molecule has 0 unspecified atom stereocenters. The van der Waals surface area contributed by atoms with Crippen LogP contribution in [-0.4, -0.2) is 4.98 Å². The molecule has 0 N–H and O–H groups in total. The molecule has 3 heteroatoms. The molecular weight excluding hydrogens is 562 g/mol. The van der Waals surface area contributed by atoms with Crippen molar-refractivity contribution in [2.45, 2.75) is 0 Å². The van der Waals surface area contributed by atoms with Gasteiger partial charge < -0.3 is 8.83 Å². The molecule has 0 aliphatic rings. The van der Waals surface area contributed by atoms with E-state index in [1.54, 1.807) is 6.20 Å². The summed E-state index contributed by atoms with van der Waals surface area (Å²) in [5.41, 5.74) is 10.4. The van der Waals surface area contributed by atoms with E-state index in [9.17, 15) is 0 Å². The van der Waals surface area contributed by atoms with Crippen LogP contribution in [-0.2, 0) is 0 Å². The lowest BCUT2D eigenvalue weighted by atomic mass is 9.84. The van der Waals surface area contributed by atoms with E-state index in [1.165, 1.54) is 38.2 Å². The van der Waals surface area contributed by atoms with Crippen LogP contribution < -0.4 is 0 Å². The van der Waals surface area contributed by atoms with E-state index in [0.717, 1.165) is 60.6 Å². The highest BCUT2D eigenvalue weighted by Crippen LogP contribution is 2.48. The number of rotatable bonds is 3. The van der Waals surface area contributed by atoms with Gasteiger partial charge in [0.25, 0.3) is 0 Å². The molecule has 10 aromatic rings. The molecule has 0 spiro atoms. The summed E-state index contributed by atoms with van der Waals surface area (Å²) in [6.07, 6.45) is 3.71. The van der Waals surface area contributed by atoms with E-state index in [4.69, 9.17) is 8.83 Å². The summed E-state index contributed by atoms with van der Waals surface area (Å²) in [6, 6.07) is 49.3.